The first kappa shape index (κ1) is 13.3. The third-order valence-corrected chi connectivity index (χ3v) is 2.50. The maximum Gasteiger partial charge on any atom is 0.171 e. The van der Waals surface area contributed by atoms with Crippen LogP contribution in [-0.4, -0.2) is 29.5 Å². The van der Waals surface area contributed by atoms with Gasteiger partial charge in [0.2, 0.25) is 0 Å². The Balaban J connectivity index is 2.91. The van der Waals surface area contributed by atoms with Crippen molar-refractivity contribution in [2.45, 2.75) is 26.9 Å². The van der Waals surface area contributed by atoms with Gasteiger partial charge in [0.15, 0.2) is 11.6 Å². The van der Waals surface area contributed by atoms with Crippen LogP contribution in [0.4, 0.5) is 5.82 Å². The summed E-state index contributed by atoms with van der Waals surface area (Å²) in [6.07, 6.45) is 1.98. The fourth-order valence-corrected chi connectivity index (χ4v) is 1.91. The molecule has 1 rings (SSSR count). The largest absolute Gasteiger partial charge is 0.487 e. The van der Waals surface area contributed by atoms with Gasteiger partial charge in [-0.3, -0.25) is 0 Å². The lowest BCUT2D eigenvalue weighted by Crippen LogP contribution is -2.26. The predicted octanol–water partition coefficient (Wildman–Crippen LogP) is 3.09. The smallest absolute Gasteiger partial charge is 0.171 e. The summed E-state index contributed by atoms with van der Waals surface area (Å²) in [7, 11) is 0. The van der Waals surface area contributed by atoms with Crippen LogP contribution in [0.5, 0.6) is 5.75 Å². The summed E-state index contributed by atoms with van der Waals surface area (Å²) in [6.45, 7) is 8.03. The number of nitrogens with zero attached hydrogens (tertiary/aromatic N) is 2. The summed E-state index contributed by atoms with van der Waals surface area (Å²) in [4.78, 5) is 6.60. The second kappa shape index (κ2) is 6.74. The molecule has 0 bridgehead atoms. The Morgan fingerprint density at radius 1 is 1.50 bits per heavy atom. The van der Waals surface area contributed by atoms with Crippen molar-refractivity contribution in [1.82, 2.24) is 4.98 Å². The molecule has 0 saturated heterocycles. The van der Waals surface area contributed by atoms with Crippen LogP contribution in [0, 0.1) is 0 Å². The molecule has 0 radical (unpaired) electrons. The van der Waals surface area contributed by atoms with Crippen molar-refractivity contribution in [3.63, 3.8) is 0 Å². The highest BCUT2D eigenvalue weighted by molar-refractivity contribution is 9.09. The topological polar surface area (TPSA) is 25.4 Å². The van der Waals surface area contributed by atoms with E-state index in [-0.39, 0.29) is 6.10 Å². The van der Waals surface area contributed by atoms with E-state index in [1.807, 2.05) is 26.0 Å². The van der Waals surface area contributed by atoms with E-state index < -0.39 is 0 Å². The number of halogens is 1. The molecule has 0 aliphatic carbocycles. The maximum absolute atomic E-state index is 5.75. The Hall–Kier alpha value is -0.770. The molecule has 0 saturated carbocycles. The lowest BCUT2D eigenvalue weighted by atomic mass is 10.3. The van der Waals surface area contributed by atoms with Crippen molar-refractivity contribution in [3.8, 4) is 5.75 Å². The van der Waals surface area contributed by atoms with E-state index >= 15 is 0 Å². The molecule has 0 atom stereocenters. The molecule has 0 N–H and O–H groups in total. The van der Waals surface area contributed by atoms with E-state index in [0.29, 0.717) is 0 Å². The van der Waals surface area contributed by atoms with Crippen LogP contribution < -0.4 is 9.64 Å². The van der Waals surface area contributed by atoms with E-state index in [0.717, 1.165) is 30.0 Å². The summed E-state index contributed by atoms with van der Waals surface area (Å²) >= 11 is 3.45. The van der Waals surface area contributed by atoms with E-state index in [9.17, 15) is 0 Å². The Morgan fingerprint density at radius 3 is 2.81 bits per heavy atom. The zero-order valence-electron chi connectivity index (χ0n) is 10.1. The lowest BCUT2D eigenvalue weighted by Gasteiger charge is -2.24. The molecule has 1 heterocycles. The number of ether oxygens (including phenoxy) is 1. The molecule has 0 aromatic carbocycles. The van der Waals surface area contributed by atoms with E-state index in [1.165, 1.54) is 0 Å². The second-order valence-electron chi connectivity index (χ2n) is 3.76. The summed E-state index contributed by atoms with van der Waals surface area (Å²) in [5, 5.41) is 0.929. The maximum atomic E-state index is 5.75. The molecule has 90 valence electrons. The van der Waals surface area contributed by atoms with Gasteiger partial charge in [-0.25, -0.2) is 4.98 Å². The molecule has 1 aromatic heterocycles. The highest BCUT2D eigenvalue weighted by atomic mass is 79.9. The Labute approximate surface area is 106 Å². The monoisotopic (exact) mass is 286 g/mol. The average molecular weight is 287 g/mol. The molecular weight excluding hydrogens is 268 g/mol. The predicted molar refractivity (Wildman–Crippen MR) is 71.7 cm³/mol. The molecule has 0 unspecified atom stereocenters. The number of hydrogen-bond acceptors (Lipinski definition) is 3. The molecule has 4 heteroatoms. The molecule has 0 fully saturated rings. The summed E-state index contributed by atoms with van der Waals surface area (Å²) in [5.74, 6) is 1.79. The van der Waals surface area contributed by atoms with Crippen molar-refractivity contribution in [2.24, 2.45) is 0 Å². The fraction of sp³-hybridized carbons (Fsp3) is 0.583. The number of aromatic nitrogens is 1. The minimum Gasteiger partial charge on any atom is -0.487 e. The highest BCUT2D eigenvalue weighted by Gasteiger charge is 2.12. The molecular formula is C12H19BrN2O. The number of pyridine rings is 1. The van der Waals surface area contributed by atoms with Crippen LogP contribution in [0.1, 0.15) is 20.8 Å². The number of rotatable bonds is 6. The Bertz CT molecular complexity index is 318. The zero-order chi connectivity index (χ0) is 12.0. The van der Waals surface area contributed by atoms with Crippen molar-refractivity contribution >= 4 is 21.7 Å². The van der Waals surface area contributed by atoms with Crippen LogP contribution in [0.3, 0.4) is 0 Å². The van der Waals surface area contributed by atoms with Gasteiger partial charge in [-0.05, 0) is 32.9 Å². The molecule has 0 aliphatic heterocycles. The first-order valence-electron chi connectivity index (χ1n) is 5.61. The van der Waals surface area contributed by atoms with Gasteiger partial charge in [0.1, 0.15) is 0 Å². The van der Waals surface area contributed by atoms with Crippen molar-refractivity contribution in [3.05, 3.63) is 18.3 Å². The first-order valence-corrected chi connectivity index (χ1v) is 6.73. The Morgan fingerprint density at radius 2 is 2.25 bits per heavy atom. The van der Waals surface area contributed by atoms with Gasteiger partial charge < -0.3 is 9.64 Å². The van der Waals surface area contributed by atoms with E-state index in [1.54, 1.807) is 6.20 Å². The van der Waals surface area contributed by atoms with Gasteiger partial charge in [0, 0.05) is 24.6 Å². The zero-order valence-corrected chi connectivity index (χ0v) is 11.7. The molecule has 0 amide bonds. The van der Waals surface area contributed by atoms with Gasteiger partial charge in [0.05, 0.1) is 6.10 Å². The third kappa shape index (κ3) is 3.67. The van der Waals surface area contributed by atoms with Gasteiger partial charge in [-0.1, -0.05) is 15.9 Å². The van der Waals surface area contributed by atoms with Gasteiger partial charge in [-0.15, -0.1) is 0 Å². The van der Waals surface area contributed by atoms with Crippen LogP contribution in [0.15, 0.2) is 18.3 Å². The second-order valence-corrected chi connectivity index (χ2v) is 4.55. The number of alkyl halides is 1. The summed E-state index contributed by atoms with van der Waals surface area (Å²) < 4.78 is 5.75. The van der Waals surface area contributed by atoms with Crippen LogP contribution in [0.2, 0.25) is 0 Å². The van der Waals surface area contributed by atoms with Crippen molar-refractivity contribution in [2.75, 3.05) is 23.3 Å². The quantitative estimate of drug-likeness (QED) is 0.752. The molecule has 1 aromatic rings. The molecule has 0 spiro atoms. The fourth-order valence-electron chi connectivity index (χ4n) is 1.48. The molecule has 3 nitrogen and oxygen atoms in total. The van der Waals surface area contributed by atoms with E-state index in [2.05, 4.69) is 32.7 Å². The van der Waals surface area contributed by atoms with Crippen molar-refractivity contribution < 1.29 is 4.74 Å². The summed E-state index contributed by atoms with van der Waals surface area (Å²) in [6, 6.07) is 3.88. The van der Waals surface area contributed by atoms with Crippen molar-refractivity contribution in [1.29, 1.82) is 0 Å². The van der Waals surface area contributed by atoms with Crippen LogP contribution in [-0.2, 0) is 0 Å². The van der Waals surface area contributed by atoms with Crippen LogP contribution >= 0.6 is 15.9 Å². The Kier molecular flexibility index (Phi) is 5.60. The van der Waals surface area contributed by atoms with E-state index in [4.69, 9.17) is 4.74 Å². The minimum absolute atomic E-state index is 0.172. The lowest BCUT2D eigenvalue weighted by molar-refractivity contribution is 0.242. The first-order chi connectivity index (χ1) is 7.69. The summed E-state index contributed by atoms with van der Waals surface area (Å²) in [5.41, 5.74) is 0. The SMILES string of the molecule is CCN(CCBr)c1ncccc1OC(C)C. The van der Waals surface area contributed by atoms with Gasteiger partial charge in [-0.2, -0.15) is 0 Å². The standard InChI is InChI=1S/C12H19BrN2O/c1-4-15(9-7-13)12-11(16-10(2)3)6-5-8-14-12/h5-6,8,10H,4,7,9H2,1-3H3. The molecule has 0 aliphatic rings. The normalized spacial score (nSPS) is 10.6. The van der Waals surface area contributed by atoms with Gasteiger partial charge >= 0.3 is 0 Å². The molecule has 16 heavy (non-hydrogen) atoms. The number of hydrogen-bond donors (Lipinski definition) is 0. The van der Waals surface area contributed by atoms with Gasteiger partial charge in [0.25, 0.3) is 0 Å². The average Bonchev–Trinajstić information content (AvgIpc) is 2.26. The highest BCUT2D eigenvalue weighted by Crippen LogP contribution is 2.25. The minimum atomic E-state index is 0.172. The number of anilines is 1. The third-order valence-electron chi connectivity index (χ3n) is 2.15. The van der Waals surface area contributed by atoms with Crippen LogP contribution in [0.25, 0.3) is 0 Å².